The Morgan fingerprint density at radius 3 is 2.54 bits per heavy atom. The third-order valence-electron chi connectivity index (χ3n) is 4.58. The molecule has 1 aromatic carbocycles. The molecule has 1 aliphatic rings. The van der Waals surface area contributed by atoms with E-state index in [1.165, 1.54) is 13.2 Å². The first kappa shape index (κ1) is 20.1. The fourth-order valence-electron chi connectivity index (χ4n) is 3.16. The largest absolute Gasteiger partial charge is 0.416 e. The van der Waals surface area contributed by atoms with E-state index in [-0.39, 0.29) is 18.7 Å². The molecule has 1 amide bonds. The first-order chi connectivity index (χ1) is 12.0. The van der Waals surface area contributed by atoms with Gasteiger partial charge in [0.2, 0.25) is 5.91 Å². The van der Waals surface area contributed by atoms with Gasteiger partial charge in [-0.1, -0.05) is 19.9 Å². The summed E-state index contributed by atoms with van der Waals surface area (Å²) in [6, 6.07) is 4.03. The fraction of sp³-hybridized carbons (Fsp3) is 0.500. The lowest BCUT2D eigenvalue weighted by Crippen LogP contribution is -2.51. The predicted molar refractivity (Wildman–Crippen MR) is 87.3 cm³/mol. The van der Waals surface area contributed by atoms with Crippen molar-refractivity contribution in [2.45, 2.75) is 26.4 Å². The van der Waals surface area contributed by atoms with Crippen molar-refractivity contribution in [1.82, 2.24) is 0 Å². The molecule has 8 heteroatoms. The van der Waals surface area contributed by atoms with E-state index in [4.69, 9.17) is 4.74 Å². The molecule has 0 aromatic heterocycles. The van der Waals surface area contributed by atoms with Gasteiger partial charge in [-0.15, -0.1) is 0 Å². The average molecular weight is 371 g/mol. The van der Waals surface area contributed by atoms with E-state index >= 15 is 0 Å². The van der Waals surface area contributed by atoms with Crippen LogP contribution < -0.4 is 5.32 Å². The van der Waals surface area contributed by atoms with E-state index in [1.807, 2.05) is 0 Å². The number of alkyl halides is 3. The third kappa shape index (κ3) is 4.12. The number of amides is 1. The molecule has 2 unspecified atom stereocenters. The molecule has 2 rings (SSSR count). The highest BCUT2D eigenvalue weighted by Crippen LogP contribution is 2.40. The van der Waals surface area contributed by atoms with Gasteiger partial charge in [0.15, 0.2) is 17.5 Å². The lowest BCUT2D eigenvalue weighted by molar-refractivity contribution is -0.150. The second-order valence-corrected chi connectivity index (χ2v) is 7.04. The van der Waals surface area contributed by atoms with Gasteiger partial charge in [0, 0.05) is 25.1 Å². The summed E-state index contributed by atoms with van der Waals surface area (Å²) in [5, 5.41) is 2.25. The van der Waals surface area contributed by atoms with Gasteiger partial charge in [0.05, 0.1) is 12.2 Å². The Labute approximate surface area is 148 Å². The van der Waals surface area contributed by atoms with Gasteiger partial charge >= 0.3 is 6.18 Å². The summed E-state index contributed by atoms with van der Waals surface area (Å²) in [5.74, 6) is -4.23. The normalized spacial score (nSPS) is 23.0. The van der Waals surface area contributed by atoms with E-state index in [2.05, 4.69) is 5.32 Å². The molecule has 5 nitrogen and oxygen atoms in total. The predicted octanol–water partition coefficient (Wildman–Crippen LogP) is 3.09. The highest BCUT2D eigenvalue weighted by molar-refractivity contribution is 6.23. The Morgan fingerprint density at radius 1 is 1.31 bits per heavy atom. The maximum atomic E-state index is 12.8. The zero-order valence-corrected chi connectivity index (χ0v) is 14.6. The van der Waals surface area contributed by atoms with Gasteiger partial charge in [-0.3, -0.25) is 14.4 Å². The summed E-state index contributed by atoms with van der Waals surface area (Å²) in [6.07, 6.45) is -4.56. The molecule has 1 aliphatic carbocycles. The van der Waals surface area contributed by atoms with Crippen LogP contribution in [0.4, 0.5) is 18.9 Å². The van der Waals surface area contributed by atoms with Gasteiger partial charge in [0.1, 0.15) is 0 Å². The third-order valence-corrected chi connectivity index (χ3v) is 4.58. The van der Waals surface area contributed by atoms with Crippen molar-refractivity contribution in [3.8, 4) is 0 Å². The minimum atomic E-state index is -4.56. The molecule has 1 N–H and O–H groups in total. The molecule has 142 valence electrons. The van der Waals surface area contributed by atoms with Crippen molar-refractivity contribution >= 4 is 23.2 Å². The Morgan fingerprint density at radius 2 is 1.96 bits per heavy atom. The number of halogens is 3. The lowest BCUT2D eigenvalue weighted by Gasteiger charge is -2.39. The number of methoxy groups -OCH3 is 1. The van der Waals surface area contributed by atoms with Crippen molar-refractivity contribution in [3.63, 3.8) is 0 Å². The van der Waals surface area contributed by atoms with Gasteiger partial charge in [-0.25, -0.2) is 0 Å². The summed E-state index contributed by atoms with van der Waals surface area (Å²) in [5.41, 5.74) is -1.72. The topological polar surface area (TPSA) is 72.5 Å². The number of hydrogen-bond donors (Lipinski definition) is 1. The SMILES string of the molecule is COCC1C(=O)C(C(=O)Nc2cccc(C(F)(F)F)c2)C(=O)CC1(C)C. The Bertz CT molecular complexity index is 727. The van der Waals surface area contributed by atoms with Crippen LogP contribution in [0.15, 0.2) is 24.3 Å². The second kappa shape index (κ2) is 7.19. The standard InChI is InChI=1S/C18H20F3NO4/c1-17(2)8-13(23)14(15(24)12(17)9-26-3)16(25)22-11-6-4-5-10(7-11)18(19,20)21/h4-7,12,14H,8-9H2,1-3H3,(H,22,25). The molecule has 0 heterocycles. The molecule has 0 radical (unpaired) electrons. The lowest BCUT2D eigenvalue weighted by atomic mass is 9.64. The number of rotatable bonds is 4. The molecule has 0 saturated heterocycles. The van der Waals surface area contributed by atoms with E-state index < -0.39 is 46.5 Å². The first-order valence-corrected chi connectivity index (χ1v) is 8.01. The number of ether oxygens (including phenoxy) is 1. The Hall–Kier alpha value is -2.22. The number of hydrogen-bond acceptors (Lipinski definition) is 4. The summed E-state index contributed by atoms with van der Waals surface area (Å²) in [7, 11) is 1.41. The van der Waals surface area contributed by atoms with E-state index in [0.29, 0.717) is 0 Å². The van der Waals surface area contributed by atoms with E-state index in [1.54, 1.807) is 13.8 Å². The first-order valence-electron chi connectivity index (χ1n) is 8.01. The Kier molecular flexibility index (Phi) is 5.55. The molecule has 1 fully saturated rings. The maximum absolute atomic E-state index is 12.8. The number of benzene rings is 1. The van der Waals surface area contributed by atoms with Crippen LogP contribution in [0, 0.1) is 17.3 Å². The van der Waals surface area contributed by atoms with Gasteiger partial charge in [-0.2, -0.15) is 13.2 Å². The van der Waals surface area contributed by atoms with Crippen LogP contribution in [0.1, 0.15) is 25.8 Å². The molecule has 0 aliphatic heterocycles. The highest BCUT2D eigenvalue weighted by Gasteiger charge is 2.50. The number of ketones is 2. The van der Waals surface area contributed by atoms with Crippen LogP contribution in [-0.4, -0.2) is 31.2 Å². The van der Waals surface area contributed by atoms with Crippen molar-refractivity contribution < 1.29 is 32.3 Å². The fourth-order valence-corrected chi connectivity index (χ4v) is 3.16. The summed E-state index contributed by atoms with van der Waals surface area (Å²) in [6.45, 7) is 3.55. The summed E-state index contributed by atoms with van der Waals surface area (Å²) < 4.78 is 43.3. The second-order valence-electron chi connectivity index (χ2n) is 7.04. The monoisotopic (exact) mass is 371 g/mol. The van der Waals surface area contributed by atoms with Crippen LogP contribution in [0.3, 0.4) is 0 Å². The maximum Gasteiger partial charge on any atom is 0.416 e. The summed E-state index contributed by atoms with van der Waals surface area (Å²) >= 11 is 0. The quantitative estimate of drug-likeness (QED) is 0.826. The summed E-state index contributed by atoms with van der Waals surface area (Å²) in [4.78, 5) is 37.4. The van der Waals surface area contributed by atoms with Gasteiger partial charge in [-0.05, 0) is 23.6 Å². The van der Waals surface area contributed by atoms with Crippen molar-refractivity contribution in [2.24, 2.45) is 17.3 Å². The number of anilines is 1. The van der Waals surface area contributed by atoms with Crippen molar-refractivity contribution in [2.75, 3.05) is 19.0 Å². The van der Waals surface area contributed by atoms with Crippen LogP contribution >= 0.6 is 0 Å². The minimum absolute atomic E-state index is 0.00739. The van der Waals surface area contributed by atoms with Crippen LogP contribution in [0.25, 0.3) is 0 Å². The van der Waals surface area contributed by atoms with Crippen molar-refractivity contribution in [1.29, 1.82) is 0 Å². The molecule has 2 atom stereocenters. The molecule has 26 heavy (non-hydrogen) atoms. The van der Waals surface area contributed by atoms with Gasteiger partial charge < -0.3 is 10.1 Å². The van der Waals surface area contributed by atoms with Gasteiger partial charge in [0.25, 0.3) is 0 Å². The molecule has 0 spiro atoms. The highest BCUT2D eigenvalue weighted by atomic mass is 19.4. The van der Waals surface area contributed by atoms with Crippen molar-refractivity contribution in [3.05, 3.63) is 29.8 Å². The molecule has 1 aromatic rings. The number of carbonyl (C=O) groups is 3. The number of nitrogens with one attached hydrogen (secondary N) is 1. The van der Waals surface area contributed by atoms with E-state index in [9.17, 15) is 27.6 Å². The zero-order valence-electron chi connectivity index (χ0n) is 14.6. The smallest absolute Gasteiger partial charge is 0.384 e. The average Bonchev–Trinajstić information content (AvgIpc) is 2.50. The van der Waals surface area contributed by atoms with Crippen LogP contribution in [-0.2, 0) is 25.3 Å². The molecular formula is C18H20F3NO4. The van der Waals surface area contributed by atoms with Crippen LogP contribution in [0.5, 0.6) is 0 Å². The van der Waals surface area contributed by atoms with Crippen LogP contribution in [0.2, 0.25) is 0 Å². The molecule has 1 saturated carbocycles. The molecule has 0 bridgehead atoms. The van der Waals surface area contributed by atoms with E-state index in [0.717, 1.165) is 18.2 Å². The molecular weight excluding hydrogens is 351 g/mol. The number of Topliss-reactive ketones (excluding diaryl/α,β-unsaturated/α-hetero) is 2. The Balaban J connectivity index is 2.23. The zero-order chi connectivity index (χ0) is 19.7. The minimum Gasteiger partial charge on any atom is -0.384 e. The number of carbonyl (C=O) groups excluding carboxylic acids is 3.